The van der Waals surface area contributed by atoms with E-state index in [1.807, 2.05) is 0 Å². The van der Waals surface area contributed by atoms with Gasteiger partial charge in [0, 0.05) is 11.5 Å². The van der Waals surface area contributed by atoms with Crippen molar-refractivity contribution in [2.75, 3.05) is 5.73 Å². The van der Waals surface area contributed by atoms with Gasteiger partial charge in [-0.05, 0) is 23.0 Å². The number of halogens is 2. The first-order valence-electron chi connectivity index (χ1n) is 6.89. The lowest BCUT2D eigenvalue weighted by molar-refractivity contribution is 0.374. The summed E-state index contributed by atoms with van der Waals surface area (Å²) in [5.41, 5.74) is 6.75. The van der Waals surface area contributed by atoms with Crippen molar-refractivity contribution in [2.24, 2.45) is 10.8 Å². The van der Waals surface area contributed by atoms with Crippen LogP contribution >= 0.6 is 11.6 Å². The van der Waals surface area contributed by atoms with Gasteiger partial charge in [-0.1, -0.05) is 50.5 Å². The highest BCUT2D eigenvalue weighted by Gasteiger charge is 2.67. The smallest absolute Gasteiger partial charge is 0.175 e. The summed E-state index contributed by atoms with van der Waals surface area (Å²) in [6.45, 7) is 8.62. The Kier molecular flexibility index (Phi) is 2.90. The van der Waals surface area contributed by atoms with Crippen LogP contribution in [0.25, 0.3) is 11.1 Å². The summed E-state index contributed by atoms with van der Waals surface area (Å²) >= 11 is 6.17. The largest absolute Gasteiger partial charge is 0.380 e. The van der Waals surface area contributed by atoms with Gasteiger partial charge in [-0.25, -0.2) is 4.39 Å². The fourth-order valence-corrected chi connectivity index (χ4v) is 3.61. The Hall–Kier alpha value is -1.55. The fourth-order valence-electron chi connectivity index (χ4n) is 3.35. The quantitative estimate of drug-likeness (QED) is 0.861. The average Bonchev–Trinajstić information content (AvgIpc) is 2.65. The van der Waals surface area contributed by atoms with Crippen molar-refractivity contribution in [3.05, 3.63) is 34.8 Å². The molecule has 1 aliphatic rings. The van der Waals surface area contributed by atoms with E-state index < -0.39 is 5.82 Å². The summed E-state index contributed by atoms with van der Waals surface area (Å²) in [4.78, 5) is 0. The number of hydrogen-bond donors (Lipinski definition) is 1. The lowest BCUT2D eigenvalue weighted by Gasteiger charge is -2.07. The molecule has 0 spiro atoms. The molecular weight excluding hydrogens is 291 g/mol. The summed E-state index contributed by atoms with van der Waals surface area (Å²) in [5, 5.41) is 4.15. The number of aromatic nitrogens is 1. The van der Waals surface area contributed by atoms with Crippen LogP contribution in [0, 0.1) is 16.6 Å². The SMILES string of the molecule is CC1(C)C(c2onc(N)c2-c2c(F)cccc2Cl)C1(C)C. The molecule has 21 heavy (non-hydrogen) atoms. The molecule has 2 N–H and O–H groups in total. The minimum Gasteiger partial charge on any atom is -0.380 e. The molecule has 1 aliphatic carbocycles. The Morgan fingerprint density at radius 2 is 1.81 bits per heavy atom. The molecule has 1 saturated carbocycles. The van der Waals surface area contributed by atoms with Crippen LogP contribution in [0.5, 0.6) is 0 Å². The maximum Gasteiger partial charge on any atom is 0.175 e. The van der Waals surface area contributed by atoms with Crippen LogP contribution in [0.1, 0.15) is 39.4 Å². The van der Waals surface area contributed by atoms with Crippen molar-refractivity contribution in [1.82, 2.24) is 5.16 Å². The molecule has 3 nitrogen and oxygen atoms in total. The number of anilines is 1. The zero-order valence-electron chi connectivity index (χ0n) is 12.5. The lowest BCUT2D eigenvalue weighted by Crippen LogP contribution is -1.95. The van der Waals surface area contributed by atoms with Gasteiger partial charge in [0.05, 0.1) is 10.6 Å². The van der Waals surface area contributed by atoms with Crippen molar-refractivity contribution in [2.45, 2.75) is 33.6 Å². The Morgan fingerprint density at radius 1 is 1.19 bits per heavy atom. The van der Waals surface area contributed by atoms with Crippen molar-refractivity contribution in [1.29, 1.82) is 0 Å². The molecule has 0 amide bonds. The van der Waals surface area contributed by atoms with Gasteiger partial charge in [-0.15, -0.1) is 0 Å². The van der Waals surface area contributed by atoms with Gasteiger partial charge in [0.1, 0.15) is 5.82 Å². The zero-order valence-corrected chi connectivity index (χ0v) is 13.3. The van der Waals surface area contributed by atoms with E-state index >= 15 is 0 Å². The van der Waals surface area contributed by atoms with E-state index in [-0.39, 0.29) is 28.1 Å². The van der Waals surface area contributed by atoms with E-state index in [0.717, 1.165) is 0 Å². The molecule has 0 radical (unpaired) electrons. The molecule has 0 aliphatic heterocycles. The maximum atomic E-state index is 14.2. The molecule has 1 aromatic carbocycles. The van der Waals surface area contributed by atoms with Crippen molar-refractivity contribution in [3.63, 3.8) is 0 Å². The summed E-state index contributed by atoms with van der Waals surface area (Å²) in [6.07, 6.45) is 0. The van der Waals surface area contributed by atoms with E-state index in [0.29, 0.717) is 16.3 Å². The van der Waals surface area contributed by atoms with E-state index in [1.165, 1.54) is 6.07 Å². The highest BCUT2D eigenvalue weighted by atomic mass is 35.5. The molecule has 112 valence electrons. The molecule has 1 heterocycles. The Labute approximate surface area is 128 Å². The number of hydrogen-bond acceptors (Lipinski definition) is 3. The second kappa shape index (κ2) is 4.23. The van der Waals surface area contributed by atoms with Crippen LogP contribution in [-0.4, -0.2) is 5.16 Å². The van der Waals surface area contributed by atoms with Gasteiger partial charge >= 0.3 is 0 Å². The highest BCUT2D eigenvalue weighted by Crippen LogP contribution is 2.74. The number of benzene rings is 1. The molecule has 1 aromatic heterocycles. The topological polar surface area (TPSA) is 52.0 Å². The highest BCUT2D eigenvalue weighted by molar-refractivity contribution is 6.33. The lowest BCUT2D eigenvalue weighted by atomic mass is 9.99. The van der Waals surface area contributed by atoms with Crippen LogP contribution in [0.3, 0.4) is 0 Å². The first kappa shape index (κ1) is 14.4. The van der Waals surface area contributed by atoms with Gasteiger partial charge in [-0.3, -0.25) is 0 Å². The number of nitrogen functional groups attached to an aromatic ring is 1. The Morgan fingerprint density at radius 3 is 2.33 bits per heavy atom. The number of nitrogens with zero attached hydrogens (tertiary/aromatic N) is 1. The van der Waals surface area contributed by atoms with Crippen molar-refractivity contribution >= 4 is 17.4 Å². The van der Waals surface area contributed by atoms with Gasteiger partial charge < -0.3 is 10.3 Å². The Balaban J connectivity index is 2.21. The van der Waals surface area contributed by atoms with Gasteiger partial charge in [-0.2, -0.15) is 0 Å². The molecule has 2 aromatic rings. The van der Waals surface area contributed by atoms with Crippen LogP contribution in [0.2, 0.25) is 5.02 Å². The predicted octanol–water partition coefficient (Wildman–Crippen LogP) is 4.87. The van der Waals surface area contributed by atoms with Crippen molar-refractivity contribution in [3.8, 4) is 11.1 Å². The van der Waals surface area contributed by atoms with E-state index in [4.69, 9.17) is 21.9 Å². The average molecular weight is 309 g/mol. The van der Waals surface area contributed by atoms with Crippen LogP contribution in [-0.2, 0) is 0 Å². The molecule has 3 rings (SSSR count). The van der Waals surface area contributed by atoms with Crippen LogP contribution < -0.4 is 5.73 Å². The van der Waals surface area contributed by atoms with Crippen LogP contribution in [0.4, 0.5) is 10.2 Å². The third kappa shape index (κ3) is 1.81. The number of rotatable bonds is 2. The molecule has 1 fully saturated rings. The second-order valence-electron chi connectivity index (χ2n) is 6.78. The van der Waals surface area contributed by atoms with E-state index in [2.05, 4.69) is 32.9 Å². The zero-order chi connectivity index (χ0) is 15.6. The third-order valence-corrected chi connectivity index (χ3v) is 5.56. The molecule has 0 atom stereocenters. The van der Waals surface area contributed by atoms with E-state index in [9.17, 15) is 4.39 Å². The summed E-state index contributed by atoms with van der Waals surface area (Å²) < 4.78 is 19.7. The fraction of sp³-hybridized carbons (Fsp3) is 0.438. The molecule has 5 heteroatoms. The van der Waals surface area contributed by atoms with Gasteiger partial charge in [0.2, 0.25) is 0 Å². The first-order chi connectivity index (χ1) is 9.69. The van der Waals surface area contributed by atoms with Crippen LogP contribution in [0.15, 0.2) is 22.7 Å². The predicted molar refractivity (Wildman–Crippen MR) is 81.6 cm³/mol. The molecule has 0 saturated heterocycles. The van der Waals surface area contributed by atoms with E-state index in [1.54, 1.807) is 12.1 Å². The summed E-state index contributed by atoms with van der Waals surface area (Å²) in [5.74, 6) is 0.500. The normalized spacial score (nSPS) is 19.7. The second-order valence-corrected chi connectivity index (χ2v) is 7.19. The van der Waals surface area contributed by atoms with Crippen molar-refractivity contribution < 1.29 is 8.91 Å². The monoisotopic (exact) mass is 308 g/mol. The number of nitrogens with two attached hydrogens (primary N) is 1. The van der Waals surface area contributed by atoms with Gasteiger partial charge in [0.15, 0.2) is 11.6 Å². The first-order valence-corrected chi connectivity index (χ1v) is 7.26. The molecular formula is C16H18ClFN2O. The maximum absolute atomic E-state index is 14.2. The minimum absolute atomic E-state index is 0.0332. The minimum atomic E-state index is -0.421. The standard InChI is InChI=1S/C16H18ClFN2O/c1-15(2)13(16(15,3)4)12-11(14(19)20-21-12)10-8(17)6-5-7-9(10)18/h5-7,13H,1-4H3,(H2,19,20). The summed E-state index contributed by atoms with van der Waals surface area (Å²) in [7, 11) is 0. The summed E-state index contributed by atoms with van der Waals surface area (Å²) in [6, 6.07) is 4.57. The molecule has 0 unspecified atom stereocenters. The Bertz CT molecular complexity index is 687. The van der Waals surface area contributed by atoms with Gasteiger partial charge in [0.25, 0.3) is 0 Å². The third-order valence-electron chi connectivity index (χ3n) is 5.24. The molecule has 0 bridgehead atoms.